The lowest BCUT2D eigenvalue weighted by molar-refractivity contribution is -0.139. The Morgan fingerprint density at radius 2 is 1.96 bits per heavy atom. The van der Waals surface area contributed by atoms with Crippen LogP contribution in [0.1, 0.15) is 40.0 Å². The summed E-state index contributed by atoms with van der Waals surface area (Å²) in [6.07, 6.45) is 3.39. The quantitative estimate of drug-likeness (QED) is 0.851. The van der Waals surface area contributed by atoms with Gasteiger partial charge in [0.25, 0.3) is 5.91 Å². The molecular formula is C18H20N2O4. The average molecular weight is 328 g/mol. The summed E-state index contributed by atoms with van der Waals surface area (Å²) in [6.45, 7) is 5.04. The number of aryl methyl sites for hydroxylation is 2. The molecule has 0 bridgehead atoms. The van der Waals surface area contributed by atoms with Crippen LogP contribution in [-0.4, -0.2) is 28.6 Å². The normalized spacial score (nSPS) is 11.6. The van der Waals surface area contributed by atoms with Gasteiger partial charge in [0.1, 0.15) is 5.75 Å². The summed E-state index contributed by atoms with van der Waals surface area (Å²) < 4.78 is 5.27. The number of nitrogens with zero attached hydrogens (tertiary/aromatic N) is 1. The van der Waals surface area contributed by atoms with Crippen molar-refractivity contribution in [1.29, 1.82) is 0 Å². The van der Waals surface area contributed by atoms with Crippen LogP contribution in [0, 0.1) is 13.8 Å². The molecule has 2 rings (SSSR count). The standard InChI is InChI=1S/C18H20N2O4/c1-11-7-15(8-12(2)17(11)24-10-16(21)22)18(23)20-13(3)14-5-4-6-19-9-14/h4-9,13H,10H2,1-3H3,(H,20,23)(H,21,22)/t13-/m1/s1. The van der Waals surface area contributed by atoms with E-state index >= 15 is 0 Å². The van der Waals surface area contributed by atoms with Gasteiger partial charge in [-0.15, -0.1) is 0 Å². The van der Waals surface area contributed by atoms with Crippen molar-refractivity contribution in [3.63, 3.8) is 0 Å². The summed E-state index contributed by atoms with van der Waals surface area (Å²) in [5, 5.41) is 11.6. The molecule has 0 saturated carbocycles. The van der Waals surface area contributed by atoms with Gasteiger partial charge in [0.2, 0.25) is 0 Å². The van der Waals surface area contributed by atoms with Gasteiger partial charge in [-0.3, -0.25) is 9.78 Å². The smallest absolute Gasteiger partial charge is 0.341 e. The van der Waals surface area contributed by atoms with Gasteiger partial charge < -0.3 is 15.2 Å². The predicted molar refractivity (Wildman–Crippen MR) is 89.2 cm³/mol. The van der Waals surface area contributed by atoms with E-state index in [-0.39, 0.29) is 11.9 Å². The third-order valence-corrected chi connectivity index (χ3v) is 3.59. The van der Waals surface area contributed by atoms with Crippen LogP contribution in [0.5, 0.6) is 5.75 Å². The summed E-state index contributed by atoms with van der Waals surface area (Å²) in [4.78, 5) is 27.1. The Labute approximate surface area is 140 Å². The van der Waals surface area contributed by atoms with Gasteiger partial charge in [-0.2, -0.15) is 0 Å². The Morgan fingerprint density at radius 1 is 1.29 bits per heavy atom. The Kier molecular flexibility index (Phi) is 5.52. The molecule has 1 atom stereocenters. The molecule has 0 saturated heterocycles. The molecule has 0 unspecified atom stereocenters. The summed E-state index contributed by atoms with van der Waals surface area (Å²) in [5.41, 5.74) is 2.86. The third-order valence-electron chi connectivity index (χ3n) is 3.59. The summed E-state index contributed by atoms with van der Waals surface area (Å²) in [5.74, 6) is -0.752. The Balaban J connectivity index is 2.14. The number of aliphatic carboxylic acids is 1. The molecule has 0 fully saturated rings. The lowest BCUT2D eigenvalue weighted by Crippen LogP contribution is -2.27. The molecule has 126 valence electrons. The number of carboxylic acid groups (broad SMARTS) is 1. The molecule has 2 N–H and O–H groups in total. The van der Waals surface area contributed by atoms with Crippen molar-refractivity contribution in [3.05, 3.63) is 58.9 Å². The van der Waals surface area contributed by atoms with Gasteiger partial charge in [0.05, 0.1) is 6.04 Å². The first-order valence-electron chi connectivity index (χ1n) is 7.55. The van der Waals surface area contributed by atoms with Gasteiger partial charge in [-0.1, -0.05) is 6.07 Å². The molecule has 1 aromatic heterocycles. The van der Waals surface area contributed by atoms with Crippen LogP contribution in [0.3, 0.4) is 0 Å². The molecule has 0 aliphatic rings. The van der Waals surface area contributed by atoms with E-state index in [0.29, 0.717) is 11.3 Å². The highest BCUT2D eigenvalue weighted by Gasteiger charge is 2.15. The van der Waals surface area contributed by atoms with Crippen molar-refractivity contribution >= 4 is 11.9 Å². The van der Waals surface area contributed by atoms with Crippen molar-refractivity contribution in [1.82, 2.24) is 10.3 Å². The molecule has 0 radical (unpaired) electrons. The average Bonchev–Trinajstić information content (AvgIpc) is 2.54. The lowest BCUT2D eigenvalue weighted by atomic mass is 10.0. The van der Waals surface area contributed by atoms with E-state index in [1.165, 1.54) is 0 Å². The Morgan fingerprint density at radius 3 is 2.50 bits per heavy atom. The number of pyridine rings is 1. The number of hydrogen-bond acceptors (Lipinski definition) is 4. The fourth-order valence-corrected chi connectivity index (χ4v) is 2.44. The van der Waals surface area contributed by atoms with Crippen molar-refractivity contribution in [3.8, 4) is 5.75 Å². The SMILES string of the molecule is Cc1cc(C(=O)N[C@H](C)c2cccnc2)cc(C)c1OCC(=O)O. The van der Waals surface area contributed by atoms with Crippen LogP contribution in [0.25, 0.3) is 0 Å². The topological polar surface area (TPSA) is 88.5 Å². The van der Waals surface area contributed by atoms with Gasteiger partial charge in [0, 0.05) is 18.0 Å². The van der Waals surface area contributed by atoms with Crippen LogP contribution in [0.4, 0.5) is 0 Å². The second kappa shape index (κ2) is 7.59. The molecule has 6 nitrogen and oxygen atoms in total. The van der Waals surface area contributed by atoms with Gasteiger partial charge in [0.15, 0.2) is 6.61 Å². The molecule has 0 aliphatic heterocycles. The minimum atomic E-state index is -1.04. The van der Waals surface area contributed by atoms with Crippen LogP contribution in [-0.2, 0) is 4.79 Å². The number of hydrogen-bond donors (Lipinski definition) is 2. The summed E-state index contributed by atoms with van der Waals surface area (Å²) in [7, 11) is 0. The molecule has 0 aliphatic carbocycles. The number of benzene rings is 1. The number of carbonyl (C=O) groups is 2. The minimum Gasteiger partial charge on any atom is -0.481 e. The number of carbonyl (C=O) groups excluding carboxylic acids is 1. The fraction of sp³-hybridized carbons (Fsp3) is 0.278. The maximum atomic E-state index is 12.4. The molecule has 1 heterocycles. The predicted octanol–water partition coefficient (Wildman–Crippen LogP) is 2.65. The molecule has 1 aromatic carbocycles. The Hall–Kier alpha value is -2.89. The van der Waals surface area contributed by atoms with E-state index in [0.717, 1.165) is 16.7 Å². The van der Waals surface area contributed by atoms with E-state index in [9.17, 15) is 9.59 Å². The molecule has 2 aromatic rings. The first-order chi connectivity index (χ1) is 11.4. The van der Waals surface area contributed by atoms with E-state index in [2.05, 4.69) is 10.3 Å². The van der Waals surface area contributed by atoms with E-state index in [4.69, 9.17) is 9.84 Å². The number of rotatable bonds is 6. The van der Waals surface area contributed by atoms with E-state index in [1.807, 2.05) is 19.1 Å². The van der Waals surface area contributed by atoms with Crippen LogP contribution >= 0.6 is 0 Å². The summed E-state index contributed by atoms with van der Waals surface area (Å²) >= 11 is 0. The Bertz CT molecular complexity index is 721. The van der Waals surface area contributed by atoms with Gasteiger partial charge >= 0.3 is 5.97 Å². The highest BCUT2D eigenvalue weighted by Crippen LogP contribution is 2.25. The van der Waals surface area contributed by atoms with Gasteiger partial charge in [-0.05, 0) is 55.7 Å². The second-order valence-electron chi connectivity index (χ2n) is 5.60. The lowest BCUT2D eigenvalue weighted by Gasteiger charge is -2.16. The van der Waals surface area contributed by atoms with Crippen molar-refractivity contribution in [2.24, 2.45) is 0 Å². The first-order valence-corrected chi connectivity index (χ1v) is 7.55. The zero-order valence-electron chi connectivity index (χ0n) is 13.9. The number of amides is 1. The zero-order valence-corrected chi connectivity index (χ0v) is 13.9. The molecular weight excluding hydrogens is 308 g/mol. The third kappa shape index (κ3) is 4.32. The highest BCUT2D eigenvalue weighted by atomic mass is 16.5. The largest absolute Gasteiger partial charge is 0.481 e. The first kappa shape index (κ1) is 17.5. The zero-order chi connectivity index (χ0) is 17.7. The second-order valence-corrected chi connectivity index (χ2v) is 5.60. The monoisotopic (exact) mass is 328 g/mol. The number of ether oxygens (including phenoxy) is 1. The highest BCUT2D eigenvalue weighted by molar-refractivity contribution is 5.95. The van der Waals surface area contributed by atoms with Crippen molar-refractivity contribution in [2.75, 3.05) is 6.61 Å². The van der Waals surface area contributed by atoms with Crippen molar-refractivity contribution in [2.45, 2.75) is 26.8 Å². The number of carboxylic acids is 1. The van der Waals surface area contributed by atoms with Crippen LogP contribution in [0.2, 0.25) is 0 Å². The summed E-state index contributed by atoms with van der Waals surface area (Å²) in [6, 6.07) is 6.93. The number of aromatic nitrogens is 1. The molecule has 6 heteroatoms. The number of nitrogens with one attached hydrogen (secondary N) is 1. The molecule has 0 spiro atoms. The van der Waals surface area contributed by atoms with Gasteiger partial charge in [-0.25, -0.2) is 4.79 Å². The maximum Gasteiger partial charge on any atom is 0.341 e. The minimum absolute atomic E-state index is 0.172. The molecule has 1 amide bonds. The fourth-order valence-electron chi connectivity index (χ4n) is 2.44. The molecule has 24 heavy (non-hydrogen) atoms. The van der Waals surface area contributed by atoms with E-state index in [1.54, 1.807) is 38.4 Å². The van der Waals surface area contributed by atoms with Crippen LogP contribution < -0.4 is 10.1 Å². The van der Waals surface area contributed by atoms with Crippen molar-refractivity contribution < 1.29 is 19.4 Å². The maximum absolute atomic E-state index is 12.4. The van der Waals surface area contributed by atoms with E-state index < -0.39 is 12.6 Å². The van der Waals surface area contributed by atoms with Crippen LogP contribution in [0.15, 0.2) is 36.7 Å².